The highest BCUT2D eigenvalue weighted by atomic mass is 35.5. The Morgan fingerprint density at radius 1 is 0.897 bits per heavy atom. The molecule has 0 spiro atoms. The Morgan fingerprint density at radius 2 is 1.69 bits per heavy atom. The van der Waals surface area contributed by atoms with Gasteiger partial charge in [-0.25, -0.2) is 4.79 Å². The van der Waals surface area contributed by atoms with Gasteiger partial charge in [-0.2, -0.15) is 0 Å². The van der Waals surface area contributed by atoms with Crippen molar-refractivity contribution >= 4 is 28.5 Å². The molecule has 0 aliphatic carbocycles. The number of hydrogen-bond acceptors (Lipinski definition) is 2. The highest BCUT2D eigenvalue weighted by molar-refractivity contribution is 6.31. The number of halogens is 1. The summed E-state index contributed by atoms with van der Waals surface area (Å²) in [5.41, 5.74) is 3.70. The molecule has 0 aliphatic heterocycles. The zero-order valence-electron chi connectivity index (χ0n) is 15.5. The number of carboxylic acid groups (broad SMARTS) is 1. The first-order chi connectivity index (χ1) is 14.0. The Morgan fingerprint density at radius 3 is 2.45 bits per heavy atom. The molecular formula is C24H18ClNO3. The summed E-state index contributed by atoms with van der Waals surface area (Å²) >= 11 is 5.95. The Hall–Kier alpha value is -3.37. The fourth-order valence-electron chi connectivity index (χ4n) is 3.51. The number of nitrogens with zero attached hydrogens (tertiary/aromatic N) is 1. The molecule has 0 unspecified atom stereocenters. The molecule has 0 fully saturated rings. The van der Waals surface area contributed by atoms with Gasteiger partial charge in [-0.1, -0.05) is 54.1 Å². The molecule has 4 aromatic rings. The van der Waals surface area contributed by atoms with Crippen LogP contribution < -0.4 is 5.56 Å². The predicted octanol–water partition coefficient (Wildman–Crippen LogP) is 4.99. The second kappa shape index (κ2) is 7.94. The summed E-state index contributed by atoms with van der Waals surface area (Å²) in [7, 11) is 0. The van der Waals surface area contributed by atoms with Crippen LogP contribution in [-0.4, -0.2) is 15.6 Å². The van der Waals surface area contributed by atoms with Gasteiger partial charge in [-0.3, -0.25) is 4.79 Å². The van der Waals surface area contributed by atoms with Crippen LogP contribution in [0.5, 0.6) is 0 Å². The van der Waals surface area contributed by atoms with Gasteiger partial charge in [0.05, 0.1) is 17.6 Å². The number of aromatic nitrogens is 1. The van der Waals surface area contributed by atoms with E-state index in [0.29, 0.717) is 23.6 Å². The van der Waals surface area contributed by atoms with Crippen LogP contribution in [0.2, 0.25) is 5.02 Å². The van der Waals surface area contributed by atoms with E-state index in [1.165, 1.54) is 6.07 Å². The summed E-state index contributed by atoms with van der Waals surface area (Å²) in [5, 5.41) is 10.8. The van der Waals surface area contributed by atoms with Gasteiger partial charge in [-0.15, -0.1) is 0 Å². The molecule has 0 aliphatic rings. The Kier molecular flexibility index (Phi) is 5.19. The maximum Gasteiger partial charge on any atom is 0.336 e. The number of benzene rings is 3. The molecule has 0 amide bonds. The largest absolute Gasteiger partial charge is 0.478 e. The maximum atomic E-state index is 12.5. The van der Waals surface area contributed by atoms with E-state index >= 15 is 0 Å². The molecule has 4 rings (SSSR count). The molecule has 29 heavy (non-hydrogen) atoms. The summed E-state index contributed by atoms with van der Waals surface area (Å²) in [6.45, 7) is 0.497. The first-order valence-corrected chi connectivity index (χ1v) is 9.57. The molecule has 0 radical (unpaired) electrons. The molecule has 4 nitrogen and oxygen atoms in total. The fraction of sp³-hybridized carbons (Fsp3) is 0.0833. The highest BCUT2D eigenvalue weighted by Gasteiger charge is 2.12. The topological polar surface area (TPSA) is 59.3 Å². The molecule has 144 valence electrons. The van der Waals surface area contributed by atoms with Crippen molar-refractivity contribution in [3.8, 4) is 0 Å². The first kappa shape index (κ1) is 19.0. The molecule has 3 aromatic carbocycles. The number of rotatable bonds is 5. The van der Waals surface area contributed by atoms with Crippen molar-refractivity contribution < 1.29 is 9.90 Å². The van der Waals surface area contributed by atoms with Crippen molar-refractivity contribution in [2.45, 2.75) is 13.0 Å². The standard InChI is InChI=1S/C24H18ClNO3/c25-20-9-7-18(21(14-20)24(28)29)12-17-6-10-22-19(13-17)8-11-23(27)26(22)15-16-4-2-1-3-5-16/h1-11,13-14H,12,15H2,(H,28,29). The normalized spacial score (nSPS) is 10.9. The van der Waals surface area contributed by atoms with E-state index in [0.717, 1.165) is 22.0 Å². The van der Waals surface area contributed by atoms with Crippen molar-refractivity contribution in [2.75, 3.05) is 0 Å². The predicted molar refractivity (Wildman–Crippen MR) is 115 cm³/mol. The Bertz CT molecular complexity index is 1260. The monoisotopic (exact) mass is 403 g/mol. The zero-order valence-corrected chi connectivity index (χ0v) is 16.3. The summed E-state index contributed by atoms with van der Waals surface area (Å²) in [6.07, 6.45) is 0.465. The lowest BCUT2D eigenvalue weighted by molar-refractivity contribution is 0.0696. The van der Waals surface area contributed by atoms with E-state index in [9.17, 15) is 14.7 Å². The third kappa shape index (κ3) is 4.08. The van der Waals surface area contributed by atoms with Crippen molar-refractivity contribution in [3.63, 3.8) is 0 Å². The second-order valence-electron chi connectivity index (χ2n) is 6.92. The van der Waals surface area contributed by atoms with E-state index < -0.39 is 5.97 Å². The van der Waals surface area contributed by atoms with Crippen LogP contribution in [0.25, 0.3) is 10.9 Å². The van der Waals surface area contributed by atoms with Crippen LogP contribution in [0, 0.1) is 0 Å². The van der Waals surface area contributed by atoms with Crippen LogP contribution in [-0.2, 0) is 13.0 Å². The molecule has 5 heteroatoms. The number of aromatic carboxylic acids is 1. The van der Waals surface area contributed by atoms with Crippen molar-refractivity contribution in [1.82, 2.24) is 4.57 Å². The lowest BCUT2D eigenvalue weighted by atomic mass is 9.98. The van der Waals surface area contributed by atoms with Gasteiger partial charge in [0.1, 0.15) is 0 Å². The van der Waals surface area contributed by atoms with Gasteiger partial charge >= 0.3 is 5.97 Å². The summed E-state index contributed by atoms with van der Waals surface area (Å²) < 4.78 is 1.75. The number of fused-ring (bicyclic) bond motifs is 1. The molecule has 0 atom stereocenters. The zero-order chi connectivity index (χ0) is 20.4. The lowest BCUT2D eigenvalue weighted by Crippen LogP contribution is -2.19. The summed E-state index contributed by atoms with van der Waals surface area (Å²) in [4.78, 5) is 24.0. The molecule has 0 bridgehead atoms. The van der Waals surface area contributed by atoms with Gasteiger partial charge in [0.15, 0.2) is 0 Å². The van der Waals surface area contributed by atoms with Crippen LogP contribution >= 0.6 is 11.6 Å². The smallest absolute Gasteiger partial charge is 0.336 e. The lowest BCUT2D eigenvalue weighted by Gasteiger charge is -2.12. The van der Waals surface area contributed by atoms with Gasteiger partial charge in [0.2, 0.25) is 0 Å². The third-order valence-corrected chi connectivity index (χ3v) is 5.17. The quantitative estimate of drug-likeness (QED) is 0.510. The molecular weight excluding hydrogens is 386 g/mol. The van der Waals surface area contributed by atoms with Gasteiger partial charge < -0.3 is 9.67 Å². The van der Waals surface area contributed by atoms with Crippen molar-refractivity contribution in [3.05, 3.63) is 116 Å². The molecule has 0 saturated carbocycles. The van der Waals surface area contributed by atoms with E-state index in [2.05, 4.69) is 0 Å². The maximum absolute atomic E-state index is 12.5. The first-order valence-electron chi connectivity index (χ1n) is 9.19. The summed E-state index contributed by atoms with van der Waals surface area (Å²) in [5.74, 6) is -1.00. The number of pyridine rings is 1. The fourth-order valence-corrected chi connectivity index (χ4v) is 3.69. The average molecular weight is 404 g/mol. The minimum Gasteiger partial charge on any atom is -0.478 e. The molecule has 1 aromatic heterocycles. The van der Waals surface area contributed by atoms with E-state index in [1.807, 2.05) is 54.6 Å². The molecule has 0 saturated heterocycles. The van der Waals surface area contributed by atoms with Crippen LogP contribution in [0.15, 0.2) is 83.7 Å². The SMILES string of the molecule is O=C(O)c1cc(Cl)ccc1Cc1ccc2c(ccc(=O)n2Cc2ccccc2)c1. The Labute approximate surface area is 172 Å². The second-order valence-corrected chi connectivity index (χ2v) is 7.36. The Balaban J connectivity index is 1.72. The van der Waals surface area contributed by atoms with Crippen molar-refractivity contribution in [1.29, 1.82) is 0 Å². The van der Waals surface area contributed by atoms with E-state index in [-0.39, 0.29) is 11.1 Å². The third-order valence-electron chi connectivity index (χ3n) is 4.93. The van der Waals surface area contributed by atoms with E-state index in [1.54, 1.807) is 22.8 Å². The van der Waals surface area contributed by atoms with Gasteiger partial charge in [0.25, 0.3) is 5.56 Å². The minimum absolute atomic E-state index is 0.0556. The minimum atomic E-state index is -1.00. The number of carboxylic acids is 1. The van der Waals surface area contributed by atoms with E-state index in [4.69, 9.17) is 11.6 Å². The highest BCUT2D eigenvalue weighted by Crippen LogP contribution is 2.22. The van der Waals surface area contributed by atoms with Crippen LogP contribution in [0.4, 0.5) is 0 Å². The number of carbonyl (C=O) groups is 1. The van der Waals surface area contributed by atoms with Crippen LogP contribution in [0.1, 0.15) is 27.0 Å². The molecule has 1 heterocycles. The van der Waals surface area contributed by atoms with Gasteiger partial charge in [0, 0.05) is 11.1 Å². The average Bonchev–Trinajstić information content (AvgIpc) is 2.72. The van der Waals surface area contributed by atoms with Gasteiger partial charge in [-0.05, 0) is 58.8 Å². The van der Waals surface area contributed by atoms with Crippen LogP contribution in [0.3, 0.4) is 0 Å². The number of hydrogen-bond donors (Lipinski definition) is 1. The summed E-state index contributed by atoms with van der Waals surface area (Å²) in [6, 6.07) is 24.0. The molecule has 1 N–H and O–H groups in total. The van der Waals surface area contributed by atoms with Crippen molar-refractivity contribution in [2.24, 2.45) is 0 Å².